The minimum absolute atomic E-state index is 0.577. The van der Waals surface area contributed by atoms with E-state index in [4.69, 9.17) is 4.74 Å². The summed E-state index contributed by atoms with van der Waals surface area (Å²) < 4.78 is 5.80. The standard InChI is InChI=1S/C15H24N2O/c1-12-5-4-6-15(9-12)18-8-7-17-10-13(2)16-14(3)11-17/h4-6,9,13-14,16H,7-8,10-11H2,1-3H3. The van der Waals surface area contributed by atoms with Gasteiger partial charge in [0.15, 0.2) is 0 Å². The molecule has 0 aromatic heterocycles. The molecule has 2 atom stereocenters. The molecule has 0 radical (unpaired) electrons. The smallest absolute Gasteiger partial charge is 0.119 e. The molecule has 1 saturated heterocycles. The molecule has 3 heteroatoms. The van der Waals surface area contributed by atoms with Crippen LogP contribution >= 0.6 is 0 Å². The molecular formula is C15H24N2O. The summed E-state index contributed by atoms with van der Waals surface area (Å²) in [6.07, 6.45) is 0. The molecular weight excluding hydrogens is 224 g/mol. The Bertz CT molecular complexity index is 371. The quantitative estimate of drug-likeness (QED) is 0.882. The summed E-state index contributed by atoms with van der Waals surface area (Å²) in [6.45, 7) is 10.6. The maximum Gasteiger partial charge on any atom is 0.119 e. The summed E-state index contributed by atoms with van der Waals surface area (Å²) in [6, 6.07) is 9.39. The molecule has 1 aromatic rings. The molecule has 1 aliphatic heterocycles. The van der Waals surface area contributed by atoms with Crippen molar-refractivity contribution >= 4 is 0 Å². The number of nitrogens with zero attached hydrogens (tertiary/aromatic N) is 1. The number of hydrogen-bond acceptors (Lipinski definition) is 3. The van der Waals surface area contributed by atoms with Crippen molar-refractivity contribution in [1.82, 2.24) is 10.2 Å². The molecule has 1 aliphatic rings. The second-order valence-electron chi connectivity index (χ2n) is 5.39. The van der Waals surface area contributed by atoms with Crippen LogP contribution in [0.5, 0.6) is 5.75 Å². The van der Waals surface area contributed by atoms with E-state index >= 15 is 0 Å². The summed E-state index contributed by atoms with van der Waals surface area (Å²) in [7, 11) is 0. The van der Waals surface area contributed by atoms with Gasteiger partial charge in [-0.25, -0.2) is 0 Å². The first-order valence-electron chi connectivity index (χ1n) is 6.81. The molecule has 0 aliphatic carbocycles. The van der Waals surface area contributed by atoms with Crippen LogP contribution in [0, 0.1) is 6.92 Å². The largest absolute Gasteiger partial charge is 0.492 e. The fourth-order valence-electron chi connectivity index (χ4n) is 2.62. The highest BCUT2D eigenvalue weighted by molar-refractivity contribution is 5.27. The van der Waals surface area contributed by atoms with Gasteiger partial charge in [0.25, 0.3) is 0 Å². The van der Waals surface area contributed by atoms with E-state index in [-0.39, 0.29) is 0 Å². The maximum atomic E-state index is 5.80. The monoisotopic (exact) mass is 248 g/mol. The van der Waals surface area contributed by atoms with Crippen LogP contribution in [0.15, 0.2) is 24.3 Å². The van der Waals surface area contributed by atoms with Crippen LogP contribution in [0.2, 0.25) is 0 Å². The van der Waals surface area contributed by atoms with Gasteiger partial charge in [0.1, 0.15) is 12.4 Å². The highest BCUT2D eigenvalue weighted by Gasteiger charge is 2.20. The second-order valence-corrected chi connectivity index (χ2v) is 5.39. The molecule has 2 unspecified atom stereocenters. The molecule has 0 bridgehead atoms. The zero-order valence-electron chi connectivity index (χ0n) is 11.6. The van der Waals surface area contributed by atoms with E-state index in [2.05, 4.69) is 43.1 Å². The van der Waals surface area contributed by atoms with E-state index in [1.807, 2.05) is 12.1 Å². The van der Waals surface area contributed by atoms with Gasteiger partial charge in [-0.1, -0.05) is 12.1 Å². The Balaban J connectivity index is 1.75. The fraction of sp³-hybridized carbons (Fsp3) is 0.600. The summed E-state index contributed by atoms with van der Waals surface area (Å²) in [5.74, 6) is 0.978. The van der Waals surface area contributed by atoms with E-state index in [0.717, 1.165) is 32.0 Å². The molecule has 2 rings (SSSR count). The number of aryl methyl sites for hydroxylation is 1. The molecule has 0 saturated carbocycles. The van der Waals surface area contributed by atoms with E-state index in [9.17, 15) is 0 Å². The van der Waals surface area contributed by atoms with E-state index in [1.165, 1.54) is 5.56 Å². The normalized spacial score (nSPS) is 25.1. The minimum atomic E-state index is 0.577. The van der Waals surface area contributed by atoms with Gasteiger partial charge in [-0.05, 0) is 38.5 Å². The Hall–Kier alpha value is -1.06. The number of nitrogens with one attached hydrogen (secondary N) is 1. The summed E-state index contributed by atoms with van der Waals surface area (Å²) in [5.41, 5.74) is 1.25. The van der Waals surface area contributed by atoms with Crippen molar-refractivity contribution in [2.24, 2.45) is 0 Å². The van der Waals surface area contributed by atoms with Crippen LogP contribution in [0.3, 0.4) is 0 Å². The average Bonchev–Trinajstić information content (AvgIpc) is 2.27. The lowest BCUT2D eigenvalue weighted by Gasteiger charge is -2.35. The van der Waals surface area contributed by atoms with E-state index < -0.39 is 0 Å². The molecule has 3 nitrogen and oxygen atoms in total. The van der Waals surface area contributed by atoms with Gasteiger partial charge in [0.05, 0.1) is 0 Å². The van der Waals surface area contributed by atoms with Gasteiger partial charge in [0.2, 0.25) is 0 Å². The Kier molecular flexibility index (Phi) is 4.61. The third kappa shape index (κ3) is 4.00. The van der Waals surface area contributed by atoms with Gasteiger partial charge in [-0.2, -0.15) is 0 Å². The first-order chi connectivity index (χ1) is 8.63. The van der Waals surface area contributed by atoms with Gasteiger partial charge < -0.3 is 10.1 Å². The number of hydrogen-bond donors (Lipinski definition) is 1. The lowest BCUT2D eigenvalue weighted by atomic mass is 10.1. The van der Waals surface area contributed by atoms with Crippen molar-refractivity contribution in [3.8, 4) is 5.75 Å². The zero-order chi connectivity index (χ0) is 13.0. The third-order valence-electron chi connectivity index (χ3n) is 3.30. The SMILES string of the molecule is Cc1cccc(OCCN2CC(C)NC(C)C2)c1. The summed E-state index contributed by atoms with van der Waals surface area (Å²) >= 11 is 0. The van der Waals surface area contributed by atoms with Crippen molar-refractivity contribution in [2.45, 2.75) is 32.9 Å². The van der Waals surface area contributed by atoms with Gasteiger partial charge in [-0.15, -0.1) is 0 Å². The van der Waals surface area contributed by atoms with E-state index in [1.54, 1.807) is 0 Å². The minimum Gasteiger partial charge on any atom is -0.492 e. The van der Waals surface area contributed by atoms with Crippen molar-refractivity contribution in [1.29, 1.82) is 0 Å². The molecule has 1 fully saturated rings. The van der Waals surface area contributed by atoms with Crippen molar-refractivity contribution in [3.05, 3.63) is 29.8 Å². The molecule has 18 heavy (non-hydrogen) atoms. The Morgan fingerprint density at radius 3 is 2.67 bits per heavy atom. The third-order valence-corrected chi connectivity index (χ3v) is 3.30. The number of benzene rings is 1. The molecule has 1 aromatic carbocycles. The van der Waals surface area contributed by atoms with Crippen molar-refractivity contribution in [2.75, 3.05) is 26.2 Å². The maximum absolute atomic E-state index is 5.80. The molecule has 1 heterocycles. The topological polar surface area (TPSA) is 24.5 Å². The van der Waals surface area contributed by atoms with Gasteiger partial charge >= 0.3 is 0 Å². The highest BCUT2D eigenvalue weighted by Crippen LogP contribution is 2.12. The van der Waals surface area contributed by atoms with Crippen LogP contribution in [0.4, 0.5) is 0 Å². The van der Waals surface area contributed by atoms with Gasteiger partial charge in [0, 0.05) is 31.7 Å². The lowest BCUT2D eigenvalue weighted by Crippen LogP contribution is -2.54. The predicted octanol–water partition coefficient (Wildman–Crippen LogP) is 2.06. The van der Waals surface area contributed by atoms with Crippen molar-refractivity contribution in [3.63, 3.8) is 0 Å². The van der Waals surface area contributed by atoms with Crippen LogP contribution in [-0.2, 0) is 0 Å². The first-order valence-corrected chi connectivity index (χ1v) is 6.81. The molecule has 100 valence electrons. The van der Waals surface area contributed by atoms with Crippen molar-refractivity contribution < 1.29 is 4.74 Å². The van der Waals surface area contributed by atoms with Crippen LogP contribution in [0.25, 0.3) is 0 Å². The van der Waals surface area contributed by atoms with E-state index in [0.29, 0.717) is 12.1 Å². The fourth-order valence-corrected chi connectivity index (χ4v) is 2.62. The van der Waals surface area contributed by atoms with Gasteiger partial charge in [-0.3, -0.25) is 4.90 Å². The summed E-state index contributed by atoms with van der Waals surface area (Å²) in [4.78, 5) is 2.47. The average molecular weight is 248 g/mol. The lowest BCUT2D eigenvalue weighted by molar-refractivity contribution is 0.146. The Morgan fingerprint density at radius 2 is 2.00 bits per heavy atom. The number of ether oxygens (including phenoxy) is 1. The predicted molar refractivity (Wildman–Crippen MR) is 75.2 cm³/mol. The van der Waals surface area contributed by atoms with Crippen LogP contribution in [0.1, 0.15) is 19.4 Å². The Labute approximate surface area is 110 Å². The van der Waals surface area contributed by atoms with Crippen LogP contribution in [-0.4, -0.2) is 43.2 Å². The molecule has 0 amide bonds. The summed E-state index contributed by atoms with van der Waals surface area (Å²) in [5, 5.41) is 3.54. The number of rotatable bonds is 4. The Morgan fingerprint density at radius 1 is 1.28 bits per heavy atom. The first kappa shape index (κ1) is 13.4. The zero-order valence-corrected chi connectivity index (χ0v) is 11.6. The number of piperazine rings is 1. The molecule has 0 spiro atoms. The highest BCUT2D eigenvalue weighted by atomic mass is 16.5. The second kappa shape index (κ2) is 6.21. The molecule has 1 N–H and O–H groups in total. The van der Waals surface area contributed by atoms with Crippen LogP contribution < -0.4 is 10.1 Å².